The first-order chi connectivity index (χ1) is 15.6. The Morgan fingerprint density at radius 2 is 2.06 bits per heavy atom. The van der Waals surface area contributed by atoms with Gasteiger partial charge in [-0.25, -0.2) is 13.2 Å². The fourth-order valence-electron chi connectivity index (χ4n) is 2.89. The first-order valence-corrected chi connectivity index (χ1v) is 12.1. The second kappa shape index (κ2) is 9.92. The molecule has 0 unspecified atom stereocenters. The van der Waals surface area contributed by atoms with Gasteiger partial charge in [0.15, 0.2) is 20.5 Å². The summed E-state index contributed by atoms with van der Waals surface area (Å²) in [6.07, 6.45) is 1.59. The van der Waals surface area contributed by atoms with E-state index in [1.165, 1.54) is 13.2 Å². The molecule has 0 aliphatic rings. The molecular formula is C20H20N4O7S2. The SMILES string of the molecule is C=CCn1c(=NC(=O)CS(=O)(=O)CC(=O)Nc2cc(C)on2)sc2cc(C(=O)OC)ccc21. The number of allylic oxidation sites excluding steroid dienone is 1. The Morgan fingerprint density at radius 1 is 1.30 bits per heavy atom. The van der Waals surface area contributed by atoms with Crippen LogP contribution in [0.5, 0.6) is 0 Å². The lowest BCUT2D eigenvalue weighted by Crippen LogP contribution is -2.28. The number of amides is 2. The molecule has 0 bridgehead atoms. The monoisotopic (exact) mass is 492 g/mol. The van der Waals surface area contributed by atoms with Crippen LogP contribution >= 0.6 is 11.3 Å². The number of aromatic nitrogens is 2. The van der Waals surface area contributed by atoms with Gasteiger partial charge in [-0.05, 0) is 25.1 Å². The molecule has 3 aromatic rings. The molecule has 3 rings (SSSR count). The summed E-state index contributed by atoms with van der Waals surface area (Å²) in [5.74, 6) is -3.65. The summed E-state index contributed by atoms with van der Waals surface area (Å²) < 4.78 is 36.5. The molecule has 33 heavy (non-hydrogen) atoms. The van der Waals surface area contributed by atoms with Crippen molar-refractivity contribution in [3.8, 4) is 0 Å². The zero-order valence-corrected chi connectivity index (χ0v) is 19.4. The van der Waals surface area contributed by atoms with E-state index < -0.39 is 39.1 Å². The van der Waals surface area contributed by atoms with E-state index in [0.717, 1.165) is 11.3 Å². The number of carbonyl (C=O) groups is 3. The molecule has 2 heterocycles. The van der Waals surface area contributed by atoms with Gasteiger partial charge in [0.1, 0.15) is 17.3 Å². The summed E-state index contributed by atoms with van der Waals surface area (Å²) >= 11 is 1.11. The molecule has 0 radical (unpaired) electrons. The van der Waals surface area contributed by atoms with E-state index in [1.54, 1.807) is 35.8 Å². The van der Waals surface area contributed by atoms with Crippen LogP contribution in [0.1, 0.15) is 16.1 Å². The van der Waals surface area contributed by atoms with E-state index in [2.05, 4.69) is 22.0 Å². The summed E-state index contributed by atoms with van der Waals surface area (Å²) in [5.41, 5.74) is 1.01. The lowest BCUT2D eigenvalue weighted by molar-refractivity contribution is -0.115. The van der Waals surface area contributed by atoms with Gasteiger partial charge in [-0.2, -0.15) is 4.99 Å². The normalized spacial score (nSPS) is 12.0. The standard InChI is InChI=1S/C20H20N4O7S2/c1-4-7-24-14-6-5-13(19(27)30-3)9-15(14)32-20(24)22-18(26)11-33(28,29)10-17(25)21-16-8-12(2)31-23-16/h4-6,8-9H,1,7,10-11H2,2-3H3,(H,21,23,25). The second-order valence-electron chi connectivity index (χ2n) is 6.87. The fourth-order valence-corrected chi connectivity index (χ4v) is 5.00. The van der Waals surface area contributed by atoms with Crippen molar-refractivity contribution >= 4 is 55.0 Å². The number of thiazole rings is 1. The Labute approximate surface area is 192 Å². The van der Waals surface area contributed by atoms with Gasteiger partial charge in [0.05, 0.1) is 22.9 Å². The number of sulfone groups is 1. The third-order valence-corrected chi connectivity index (χ3v) is 6.66. The van der Waals surface area contributed by atoms with Gasteiger partial charge >= 0.3 is 5.97 Å². The number of hydrogen-bond donors (Lipinski definition) is 1. The third kappa shape index (κ3) is 6.02. The molecular weight excluding hydrogens is 472 g/mol. The van der Waals surface area contributed by atoms with Gasteiger partial charge in [0.25, 0.3) is 5.91 Å². The first-order valence-electron chi connectivity index (χ1n) is 9.45. The molecule has 174 valence electrons. The number of nitrogens with zero attached hydrogens (tertiary/aromatic N) is 3. The van der Waals surface area contributed by atoms with Crippen molar-refractivity contribution < 1.29 is 32.1 Å². The molecule has 0 saturated carbocycles. The lowest BCUT2D eigenvalue weighted by atomic mass is 10.2. The number of aryl methyl sites for hydroxylation is 1. The molecule has 1 N–H and O–H groups in total. The maximum atomic E-state index is 12.4. The topological polar surface area (TPSA) is 150 Å². The highest BCUT2D eigenvalue weighted by atomic mass is 32.2. The Kier molecular flexibility index (Phi) is 7.23. The van der Waals surface area contributed by atoms with Crippen molar-refractivity contribution in [2.45, 2.75) is 13.5 Å². The van der Waals surface area contributed by atoms with Crippen LogP contribution in [0.3, 0.4) is 0 Å². The number of esters is 1. The number of nitrogens with one attached hydrogen (secondary N) is 1. The fraction of sp³-hybridized carbons (Fsp3) is 0.250. The van der Waals surface area contributed by atoms with Crippen LogP contribution in [0.25, 0.3) is 10.2 Å². The minimum Gasteiger partial charge on any atom is -0.465 e. The highest BCUT2D eigenvalue weighted by Crippen LogP contribution is 2.20. The second-order valence-corrected chi connectivity index (χ2v) is 9.94. The number of hydrogen-bond acceptors (Lipinski definition) is 9. The zero-order chi connectivity index (χ0) is 24.2. The van der Waals surface area contributed by atoms with E-state index in [1.807, 2.05) is 0 Å². The van der Waals surface area contributed by atoms with Gasteiger partial charge in [0, 0.05) is 12.6 Å². The van der Waals surface area contributed by atoms with Crippen LogP contribution in [0.4, 0.5) is 5.82 Å². The van der Waals surface area contributed by atoms with Gasteiger partial charge < -0.3 is 19.1 Å². The van der Waals surface area contributed by atoms with Gasteiger partial charge in [-0.3, -0.25) is 9.59 Å². The number of anilines is 1. The Balaban J connectivity index is 1.82. The summed E-state index contributed by atoms with van der Waals surface area (Å²) in [4.78, 5) is 40.3. The summed E-state index contributed by atoms with van der Waals surface area (Å²) in [5, 5.41) is 5.84. The molecule has 0 saturated heterocycles. The predicted octanol–water partition coefficient (Wildman–Crippen LogP) is 1.45. The number of rotatable bonds is 8. The van der Waals surface area contributed by atoms with Gasteiger partial charge in [-0.1, -0.05) is 22.6 Å². The summed E-state index contributed by atoms with van der Waals surface area (Å²) in [7, 11) is -2.82. The smallest absolute Gasteiger partial charge is 0.337 e. The third-order valence-electron chi connectivity index (χ3n) is 4.23. The molecule has 0 aliphatic heterocycles. The molecule has 2 aromatic heterocycles. The predicted molar refractivity (Wildman–Crippen MR) is 120 cm³/mol. The van der Waals surface area contributed by atoms with Crippen molar-refractivity contribution in [3.05, 3.63) is 53.0 Å². The van der Waals surface area contributed by atoms with Crippen molar-refractivity contribution in [2.24, 2.45) is 4.99 Å². The van der Waals surface area contributed by atoms with E-state index in [4.69, 9.17) is 9.26 Å². The van der Waals surface area contributed by atoms with Gasteiger partial charge in [-0.15, -0.1) is 6.58 Å². The maximum Gasteiger partial charge on any atom is 0.337 e. The Bertz CT molecular complexity index is 1410. The average molecular weight is 493 g/mol. The zero-order valence-electron chi connectivity index (χ0n) is 17.7. The average Bonchev–Trinajstić information content (AvgIpc) is 3.28. The molecule has 0 fully saturated rings. The largest absolute Gasteiger partial charge is 0.465 e. The van der Waals surface area contributed by atoms with E-state index >= 15 is 0 Å². The van der Waals surface area contributed by atoms with Crippen LogP contribution in [-0.4, -0.2) is 54.5 Å². The molecule has 13 heteroatoms. The van der Waals surface area contributed by atoms with Gasteiger partial charge in [0.2, 0.25) is 5.91 Å². The summed E-state index contributed by atoms with van der Waals surface area (Å²) in [6, 6.07) is 6.28. The first kappa shape index (κ1) is 24.1. The lowest BCUT2D eigenvalue weighted by Gasteiger charge is -2.03. The number of methoxy groups -OCH3 is 1. The van der Waals surface area contributed by atoms with E-state index in [9.17, 15) is 22.8 Å². The maximum absolute atomic E-state index is 12.4. The number of ether oxygens (including phenoxy) is 1. The summed E-state index contributed by atoms with van der Waals surface area (Å²) in [6.45, 7) is 5.60. The Morgan fingerprint density at radius 3 is 2.70 bits per heavy atom. The van der Waals surface area contributed by atoms with Crippen molar-refractivity contribution in [2.75, 3.05) is 23.9 Å². The molecule has 0 atom stereocenters. The molecule has 2 amide bonds. The molecule has 11 nitrogen and oxygen atoms in total. The molecule has 1 aromatic carbocycles. The Hall–Kier alpha value is -3.58. The van der Waals surface area contributed by atoms with Crippen molar-refractivity contribution in [1.82, 2.24) is 9.72 Å². The van der Waals surface area contributed by atoms with Crippen LogP contribution < -0.4 is 10.1 Å². The number of benzene rings is 1. The molecule has 0 aliphatic carbocycles. The quantitative estimate of drug-likeness (QED) is 0.367. The minimum absolute atomic E-state index is 0.0748. The van der Waals surface area contributed by atoms with E-state index in [0.29, 0.717) is 28.1 Å². The molecule has 0 spiro atoms. The van der Waals surface area contributed by atoms with Crippen LogP contribution in [0, 0.1) is 6.92 Å². The highest BCUT2D eigenvalue weighted by molar-refractivity contribution is 7.92. The highest BCUT2D eigenvalue weighted by Gasteiger charge is 2.22. The van der Waals surface area contributed by atoms with Crippen LogP contribution in [0.2, 0.25) is 0 Å². The van der Waals surface area contributed by atoms with Crippen molar-refractivity contribution in [3.63, 3.8) is 0 Å². The van der Waals surface area contributed by atoms with Crippen LogP contribution in [-0.2, 0) is 30.7 Å². The minimum atomic E-state index is -4.09. The van der Waals surface area contributed by atoms with E-state index in [-0.39, 0.29) is 10.6 Å². The van der Waals surface area contributed by atoms with Crippen molar-refractivity contribution in [1.29, 1.82) is 0 Å². The van der Waals surface area contributed by atoms with Crippen LogP contribution in [0.15, 0.2) is 46.4 Å². The number of carbonyl (C=O) groups excluding carboxylic acids is 3. The number of fused-ring (bicyclic) bond motifs is 1.